The predicted octanol–water partition coefficient (Wildman–Crippen LogP) is 6.86. The van der Waals surface area contributed by atoms with Crippen LogP contribution < -0.4 is 10.1 Å². The van der Waals surface area contributed by atoms with Crippen LogP contribution in [0.4, 0.5) is 4.79 Å². The minimum Gasteiger partial charge on any atom is -0.497 e. The first-order chi connectivity index (χ1) is 17.2. The summed E-state index contributed by atoms with van der Waals surface area (Å²) in [5.41, 5.74) is 1.90. The zero-order valence-electron chi connectivity index (χ0n) is 24.3. The highest BCUT2D eigenvalue weighted by atomic mass is 28.3. The average Bonchev–Trinajstić information content (AvgIpc) is 2.74. The van der Waals surface area contributed by atoms with E-state index in [2.05, 4.69) is 48.9 Å². The number of methoxy groups -OCH3 is 1. The molecule has 3 fully saturated rings. The van der Waals surface area contributed by atoms with Crippen molar-refractivity contribution in [2.75, 3.05) is 7.11 Å². The number of fused-ring (bicyclic) bond motifs is 1. The zero-order chi connectivity index (χ0) is 27.2. The molecule has 2 amide bonds. The topological polar surface area (TPSA) is 67.9 Å². The summed E-state index contributed by atoms with van der Waals surface area (Å²) in [4.78, 5) is 28.9. The summed E-state index contributed by atoms with van der Waals surface area (Å²) < 4.78 is 11.1. The summed E-state index contributed by atoms with van der Waals surface area (Å²) in [6.45, 7) is 14.9. The third-order valence-corrected chi connectivity index (χ3v) is 10.2. The summed E-state index contributed by atoms with van der Waals surface area (Å²) in [7, 11) is 0.375. The average molecular weight is 529 g/mol. The van der Waals surface area contributed by atoms with Gasteiger partial charge in [-0.05, 0) is 82.2 Å². The fourth-order valence-corrected chi connectivity index (χ4v) is 7.90. The number of rotatable bonds is 9. The third-order valence-electron chi connectivity index (χ3n) is 8.46. The molecule has 1 aromatic rings. The highest BCUT2D eigenvalue weighted by Crippen LogP contribution is 2.74. The van der Waals surface area contributed by atoms with E-state index in [0.717, 1.165) is 56.7 Å². The molecular formula is C30H48N2O4Si. The Bertz CT molecular complexity index is 1010. The van der Waals surface area contributed by atoms with Crippen LogP contribution in [0.25, 0.3) is 0 Å². The van der Waals surface area contributed by atoms with Gasteiger partial charge in [0.05, 0.1) is 13.2 Å². The van der Waals surface area contributed by atoms with Crippen LogP contribution in [0.3, 0.4) is 0 Å². The Labute approximate surface area is 224 Å². The summed E-state index contributed by atoms with van der Waals surface area (Å²) in [6.07, 6.45) is 7.15. The highest BCUT2D eigenvalue weighted by molar-refractivity contribution is 6.76. The summed E-state index contributed by atoms with van der Waals surface area (Å²) in [6, 6.07) is 7.71. The molecule has 0 unspecified atom stereocenters. The van der Waals surface area contributed by atoms with E-state index in [1.54, 1.807) is 7.11 Å². The molecule has 1 aromatic carbocycles. The number of alkyl carbamates (subject to hydrolysis) is 1. The van der Waals surface area contributed by atoms with Gasteiger partial charge in [-0.1, -0.05) is 45.5 Å². The number of hydrogen-bond donors (Lipinski definition) is 1. The van der Waals surface area contributed by atoms with Crippen LogP contribution in [0.5, 0.6) is 5.75 Å². The van der Waals surface area contributed by atoms with Gasteiger partial charge in [0.25, 0.3) is 0 Å². The number of unbranched alkanes of at least 4 members (excludes halogenated alkanes) is 1. The van der Waals surface area contributed by atoms with Gasteiger partial charge in [0.1, 0.15) is 11.4 Å². The van der Waals surface area contributed by atoms with Crippen LogP contribution in [-0.2, 0) is 16.0 Å². The SMILES string of the molecule is CCCC[C@H]1Cc2cc(OC)ccc2[C@H](C23CC(NC(=O)OC(C)(C)C)(C2)C3)N1C(=O)CC[Si](C)(C)C. The predicted molar refractivity (Wildman–Crippen MR) is 151 cm³/mol. The molecule has 6 nitrogen and oxygen atoms in total. The van der Waals surface area contributed by atoms with E-state index in [9.17, 15) is 9.59 Å². The molecule has 3 aliphatic carbocycles. The van der Waals surface area contributed by atoms with E-state index in [1.165, 1.54) is 11.1 Å². The number of amides is 2. The number of nitrogens with zero attached hydrogens (tertiary/aromatic N) is 1. The molecule has 2 bridgehead atoms. The quantitative estimate of drug-likeness (QED) is 0.356. The van der Waals surface area contributed by atoms with Crippen molar-refractivity contribution >= 4 is 20.1 Å². The van der Waals surface area contributed by atoms with Crippen molar-refractivity contribution in [1.82, 2.24) is 10.2 Å². The first-order valence-corrected chi connectivity index (χ1v) is 17.9. The van der Waals surface area contributed by atoms with Crippen LogP contribution in [0.15, 0.2) is 18.2 Å². The Kier molecular flexibility index (Phi) is 7.52. The molecule has 1 heterocycles. The molecule has 0 spiro atoms. The molecule has 206 valence electrons. The molecule has 3 saturated carbocycles. The van der Waals surface area contributed by atoms with E-state index in [1.807, 2.05) is 26.8 Å². The van der Waals surface area contributed by atoms with Gasteiger partial charge >= 0.3 is 6.09 Å². The smallest absolute Gasteiger partial charge is 0.408 e. The maximum Gasteiger partial charge on any atom is 0.408 e. The molecule has 37 heavy (non-hydrogen) atoms. The van der Waals surface area contributed by atoms with Crippen LogP contribution in [0, 0.1) is 5.41 Å². The molecular weight excluding hydrogens is 480 g/mol. The largest absolute Gasteiger partial charge is 0.497 e. The number of ether oxygens (including phenoxy) is 2. The van der Waals surface area contributed by atoms with E-state index in [-0.39, 0.29) is 29.1 Å². The normalized spacial score (nSPS) is 28.5. The summed E-state index contributed by atoms with van der Waals surface area (Å²) >= 11 is 0. The van der Waals surface area contributed by atoms with Crippen molar-refractivity contribution in [3.63, 3.8) is 0 Å². The lowest BCUT2D eigenvalue weighted by Gasteiger charge is -2.74. The Hall–Kier alpha value is -2.02. The molecule has 2 atom stereocenters. The number of hydrogen-bond acceptors (Lipinski definition) is 4. The summed E-state index contributed by atoms with van der Waals surface area (Å²) in [5, 5.41) is 3.18. The van der Waals surface area contributed by atoms with Crippen LogP contribution >= 0.6 is 0 Å². The Morgan fingerprint density at radius 2 is 1.84 bits per heavy atom. The van der Waals surface area contributed by atoms with Gasteiger partial charge in [-0.25, -0.2) is 4.79 Å². The molecule has 1 aliphatic heterocycles. The molecule has 0 saturated heterocycles. The Balaban J connectivity index is 1.63. The first-order valence-electron chi connectivity index (χ1n) is 14.2. The van der Waals surface area contributed by atoms with Crippen LogP contribution in [0.1, 0.15) is 89.8 Å². The molecule has 7 heteroatoms. The number of nitrogens with one attached hydrogen (secondary N) is 1. The van der Waals surface area contributed by atoms with Crippen molar-refractivity contribution in [2.24, 2.45) is 5.41 Å². The van der Waals surface area contributed by atoms with Gasteiger partial charge in [-0.2, -0.15) is 0 Å². The van der Waals surface area contributed by atoms with Gasteiger partial charge < -0.3 is 19.7 Å². The van der Waals surface area contributed by atoms with Crippen molar-refractivity contribution in [3.05, 3.63) is 29.3 Å². The second-order valence-electron chi connectivity index (χ2n) is 14.1. The van der Waals surface area contributed by atoms with E-state index in [0.29, 0.717) is 12.3 Å². The van der Waals surface area contributed by atoms with E-state index < -0.39 is 13.7 Å². The maximum absolute atomic E-state index is 14.0. The van der Waals surface area contributed by atoms with Crippen LogP contribution in [0.2, 0.25) is 25.7 Å². The van der Waals surface area contributed by atoms with Crippen molar-refractivity contribution in [2.45, 2.75) is 128 Å². The van der Waals surface area contributed by atoms with Crippen molar-refractivity contribution in [1.29, 1.82) is 0 Å². The minimum absolute atomic E-state index is 0.0120. The molecule has 5 rings (SSSR count). The Morgan fingerprint density at radius 1 is 1.16 bits per heavy atom. The van der Waals surface area contributed by atoms with Gasteiger partial charge in [-0.3, -0.25) is 4.79 Å². The number of benzene rings is 1. The first kappa shape index (κ1) is 28.0. The molecule has 1 N–H and O–H groups in total. The van der Waals surface area contributed by atoms with Gasteiger partial charge in [0.2, 0.25) is 5.91 Å². The van der Waals surface area contributed by atoms with Crippen molar-refractivity contribution in [3.8, 4) is 5.75 Å². The molecule has 0 aromatic heterocycles. The third kappa shape index (κ3) is 5.86. The lowest BCUT2D eigenvalue weighted by atomic mass is 9.36. The fourth-order valence-electron chi connectivity index (χ4n) is 6.94. The van der Waals surface area contributed by atoms with Gasteiger partial charge in [-0.15, -0.1) is 0 Å². The van der Waals surface area contributed by atoms with Crippen molar-refractivity contribution < 1.29 is 19.1 Å². The van der Waals surface area contributed by atoms with E-state index in [4.69, 9.17) is 9.47 Å². The minimum atomic E-state index is -1.34. The maximum atomic E-state index is 14.0. The molecule has 4 aliphatic rings. The monoisotopic (exact) mass is 528 g/mol. The molecule has 0 radical (unpaired) electrons. The second kappa shape index (κ2) is 9.94. The summed E-state index contributed by atoms with van der Waals surface area (Å²) in [5.74, 6) is 1.19. The van der Waals surface area contributed by atoms with E-state index >= 15 is 0 Å². The standard InChI is InChI=1S/C30H48N2O4Si/c1-9-10-11-22-16-21-17-23(35-5)12-13-24(21)26(32(22)25(33)14-15-37(6,7)8)29-18-30(19-29,20-29)31-27(34)36-28(2,3)4/h12-13,17,22,26H,9-11,14-16,18-20H2,1-8H3,(H,31,34)/t22-,26+,29?,30?/m0/s1. The zero-order valence-corrected chi connectivity index (χ0v) is 25.3. The number of carbonyl (C=O) groups excluding carboxylic acids is 2. The lowest BCUT2D eigenvalue weighted by Crippen LogP contribution is -2.78. The Morgan fingerprint density at radius 3 is 2.41 bits per heavy atom. The lowest BCUT2D eigenvalue weighted by molar-refractivity contribution is -0.208. The van der Waals surface area contributed by atoms with Crippen LogP contribution in [-0.4, -0.2) is 49.3 Å². The van der Waals surface area contributed by atoms with Gasteiger partial charge in [0.15, 0.2) is 0 Å². The highest BCUT2D eigenvalue weighted by Gasteiger charge is 2.73. The second-order valence-corrected chi connectivity index (χ2v) is 19.8. The van der Waals surface area contributed by atoms with Gasteiger partial charge in [0, 0.05) is 31.5 Å². The number of carbonyl (C=O) groups is 2. The fraction of sp³-hybridized carbons (Fsp3) is 0.733.